The van der Waals surface area contributed by atoms with Gasteiger partial charge in [-0.05, 0) is 24.6 Å². The number of nitrogens with zero attached hydrogens (tertiary/aromatic N) is 5. The summed E-state index contributed by atoms with van der Waals surface area (Å²) in [4.78, 5) is 18.8. The van der Waals surface area contributed by atoms with Crippen LogP contribution in [0, 0.1) is 6.92 Å². The van der Waals surface area contributed by atoms with Gasteiger partial charge in [0.05, 0.1) is 35.8 Å². The van der Waals surface area contributed by atoms with E-state index in [4.69, 9.17) is 16.3 Å². The Kier molecular flexibility index (Phi) is 6.01. The van der Waals surface area contributed by atoms with Gasteiger partial charge in [-0.1, -0.05) is 17.7 Å². The van der Waals surface area contributed by atoms with E-state index >= 15 is 0 Å². The summed E-state index contributed by atoms with van der Waals surface area (Å²) in [7, 11) is 0. The van der Waals surface area contributed by atoms with Crippen molar-refractivity contribution >= 4 is 34.8 Å². The molecule has 0 unspecified atom stereocenters. The number of aromatic nitrogens is 2. The van der Waals surface area contributed by atoms with E-state index in [-0.39, 0.29) is 6.03 Å². The van der Waals surface area contributed by atoms with Crippen LogP contribution in [0.25, 0.3) is 0 Å². The second-order valence-electron chi connectivity index (χ2n) is 7.26. The largest absolute Gasteiger partial charge is 0.378 e. The molecule has 2 fully saturated rings. The van der Waals surface area contributed by atoms with Crippen molar-refractivity contribution in [3.63, 3.8) is 0 Å². The van der Waals surface area contributed by atoms with Gasteiger partial charge in [0.1, 0.15) is 0 Å². The fourth-order valence-corrected chi connectivity index (χ4v) is 3.83. The molecule has 4 rings (SSSR count). The minimum absolute atomic E-state index is 0.136. The van der Waals surface area contributed by atoms with Crippen molar-refractivity contribution in [1.29, 1.82) is 0 Å². The van der Waals surface area contributed by atoms with Gasteiger partial charge in [-0.3, -0.25) is 0 Å². The number of carbonyl (C=O) groups is 1. The van der Waals surface area contributed by atoms with Gasteiger partial charge < -0.3 is 24.8 Å². The Morgan fingerprint density at radius 3 is 2.55 bits per heavy atom. The molecule has 8 nitrogen and oxygen atoms in total. The predicted octanol–water partition coefficient (Wildman–Crippen LogP) is 2.63. The molecule has 29 heavy (non-hydrogen) atoms. The van der Waals surface area contributed by atoms with Crippen LogP contribution in [-0.2, 0) is 4.74 Å². The number of urea groups is 1. The van der Waals surface area contributed by atoms with E-state index in [1.54, 1.807) is 11.1 Å². The quantitative estimate of drug-likeness (QED) is 0.829. The summed E-state index contributed by atoms with van der Waals surface area (Å²) < 4.78 is 5.42. The van der Waals surface area contributed by atoms with Gasteiger partial charge in [0.2, 0.25) is 0 Å². The van der Waals surface area contributed by atoms with Gasteiger partial charge in [-0.25, -0.2) is 4.79 Å². The van der Waals surface area contributed by atoms with Crippen LogP contribution < -0.4 is 15.1 Å². The molecule has 0 spiro atoms. The number of morpholine rings is 1. The molecule has 154 valence electrons. The number of piperazine rings is 1. The lowest BCUT2D eigenvalue weighted by Gasteiger charge is -2.35. The lowest BCUT2D eigenvalue weighted by atomic mass is 10.2. The first-order valence-electron chi connectivity index (χ1n) is 9.82. The Balaban J connectivity index is 1.35. The summed E-state index contributed by atoms with van der Waals surface area (Å²) in [5.74, 6) is 0.843. The van der Waals surface area contributed by atoms with E-state index in [9.17, 15) is 4.79 Å². The maximum atomic E-state index is 12.6. The summed E-state index contributed by atoms with van der Waals surface area (Å²) in [5.41, 5.74) is 2.75. The molecule has 9 heteroatoms. The number of halogens is 1. The van der Waals surface area contributed by atoms with Crippen LogP contribution >= 0.6 is 11.6 Å². The highest BCUT2D eigenvalue weighted by molar-refractivity contribution is 6.33. The van der Waals surface area contributed by atoms with E-state index in [1.165, 1.54) is 0 Å². The zero-order chi connectivity index (χ0) is 20.2. The van der Waals surface area contributed by atoms with Crippen molar-refractivity contribution in [3.8, 4) is 0 Å². The fourth-order valence-electron chi connectivity index (χ4n) is 3.55. The summed E-state index contributed by atoms with van der Waals surface area (Å²) in [6.45, 7) is 7.78. The van der Waals surface area contributed by atoms with Crippen molar-refractivity contribution in [3.05, 3.63) is 41.0 Å². The van der Waals surface area contributed by atoms with Crippen LogP contribution in [0.3, 0.4) is 0 Å². The molecule has 0 radical (unpaired) electrons. The van der Waals surface area contributed by atoms with E-state index in [2.05, 4.69) is 31.4 Å². The number of hydrogen-bond acceptors (Lipinski definition) is 6. The molecule has 1 aromatic heterocycles. The second kappa shape index (κ2) is 8.84. The average Bonchev–Trinajstić information content (AvgIpc) is 2.76. The molecular formula is C20H25ClN6O2. The van der Waals surface area contributed by atoms with E-state index < -0.39 is 0 Å². The molecule has 2 aliphatic heterocycles. The maximum Gasteiger partial charge on any atom is 0.322 e. The van der Waals surface area contributed by atoms with Crippen LogP contribution in [0.5, 0.6) is 0 Å². The summed E-state index contributed by atoms with van der Waals surface area (Å²) >= 11 is 6.23. The van der Waals surface area contributed by atoms with Crippen molar-refractivity contribution in [2.45, 2.75) is 6.92 Å². The maximum absolute atomic E-state index is 12.6. The minimum atomic E-state index is -0.136. The smallest absolute Gasteiger partial charge is 0.322 e. The number of amides is 2. The number of nitrogens with one attached hydrogen (secondary N) is 1. The predicted molar refractivity (Wildman–Crippen MR) is 114 cm³/mol. The molecule has 3 heterocycles. The SMILES string of the molecule is Cc1ccc(NC(=O)N2CCN(c3cc(N4CCOCC4)cnn3)CC2)c(Cl)c1. The van der Waals surface area contributed by atoms with E-state index in [0.29, 0.717) is 36.9 Å². The third-order valence-electron chi connectivity index (χ3n) is 5.26. The summed E-state index contributed by atoms with van der Waals surface area (Å²) in [6.07, 6.45) is 1.80. The van der Waals surface area contributed by atoms with E-state index in [1.807, 2.05) is 25.1 Å². The molecule has 2 amide bonds. The van der Waals surface area contributed by atoms with Crippen LogP contribution in [0.15, 0.2) is 30.5 Å². The number of ether oxygens (including phenoxy) is 1. The number of carbonyl (C=O) groups excluding carboxylic acids is 1. The molecule has 1 aromatic carbocycles. The lowest BCUT2D eigenvalue weighted by molar-refractivity contribution is 0.122. The first-order chi connectivity index (χ1) is 14.1. The molecule has 1 N–H and O–H groups in total. The van der Waals surface area contributed by atoms with Crippen LogP contribution in [0.1, 0.15) is 5.56 Å². The molecule has 2 saturated heterocycles. The van der Waals surface area contributed by atoms with Gasteiger partial charge in [0, 0.05) is 45.3 Å². The lowest BCUT2D eigenvalue weighted by Crippen LogP contribution is -2.50. The van der Waals surface area contributed by atoms with Crippen LogP contribution in [0.2, 0.25) is 5.02 Å². The number of rotatable bonds is 3. The van der Waals surface area contributed by atoms with Gasteiger partial charge in [-0.2, -0.15) is 5.10 Å². The molecule has 0 atom stereocenters. The third kappa shape index (κ3) is 4.71. The van der Waals surface area contributed by atoms with Crippen molar-refractivity contribution in [2.24, 2.45) is 0 Å². The normalized spacial score (nSPS) is 17.4. The minimum Gasteiger partial charge on any atom is -0.378 e. The molecule has 0 saturated carbocycles. The standard InChI is InChI=1S/C20H25ClN6O2/c1-15-2-3-18(17(21)12-15)23-20(28)27-6-4-26(5-7-27)19-13-16(14-22-24-19)25-8-10-29-11-9-25/h2-3,12-14H,4-11H2,1H3,(H,23,28). The first kappa shape index (κ1) is 19.7. The summed E-state index contributed by atoms with van der Waals surface area (Å²) in [6, 6.07) is 7.54. The third-order valence-corrected chi connectivity index (χ3v) is 5.57. The Morgan fingerprint density at radius 2 is 1.83 bits per heavy atom. The van der Waals surface area contributed by atoms with Gasteiger partial charge >= 0.3 is 6.03 Å². The van der Waals surface area contributed by atoms with Crippen LogP contribution in [-0.4, -0.2) is 73.6 Å². The number of hydrogen-bond donors (Lipinski definition) is 1. The fraction of sp³-hybridized carbons (Fsp3) is 0.450. The van der Waals surface area contributed by atoms with Crippen molar-refractivity contribution in [1.82, 2.24) is 15.1 Å². The zero-order valence-corrected chi connectivity index (χ0v) is 17.2. The molecule has 0 aliphatic carbocycles. The Bertz CT molecular complexity index is 866. The summed E-state index contributed by atoms with van der Waals surface area (Å²) in [5, 5.41) is 11.9. The first-order valence-corrected chi connectivity index (χ1v) is 10.2. The average molecular weight is 417 g/mol. The van der Waals surface area contributed by atoms with Gasteiger partial charge in [0.15, 0.2) is 5.82 Å². The zero-order valence-electron chi connectivity index (χ0n) is 16.5. The van der Waals surface area contributed by atoms with Gasteiger partial charge in [-0.15, -0.1) is 5.10 Å². The van der Waals surface area contributed by atoms with Crippen molar-refractivity contribution < 1.29 is 9.53 Å². The van der Waals surface area contributed by atoms with Crippen molar-refractivity contribution in [2.75, 3.05) is 67.6 Å². The number of benzene rings is 1. The number of anilines is 3. The molecular weight excluding hydrogens is 392 g/mol. The number of aryl methyl sites for hydroxylation is 1. The Morgan fingerprint density at radius 1 is 1.07 bits per heavy atom. The topological polar surface area (TPSA) is 73.8 Å². The molecule has 2 aliphatic rings. The Hall–Kier alpha value is -2.58. The monoisotopic (exact) mass is 416 g/mol. The van der Waals surface area contributed by atoms with Gasteiger partial charge in [0.25, 0.3) is 0 Å². The second-order valence-corrected chi connectivity index (χ2v) is 7.67. The van der Waals surface area contributed by atoms with E-state index in [0.717, 1.165) is 43.4 Å². The Labute approximate surface area is 175 Å². The molecule has 0 bridgehead atoms. The van der Waals surface area contributed by atoms with Crippen LogP contribution in [0.4, 0.5) is 22.0 Å². The highest BCUT2D eigenvalue weighted by Gasteiger charge is 2.23. The molecule has 2 aromatic rings. The highest BCUT2D eigenvalue weighted by Crippen LogP contribution is 2.24. The highest BCUT2D eigenvalue weighted by atomic mass is 35.5.